The first kappa shape index (κ1) is 20.3. The third-order valence-corrected chi connectivity index (χ3v) is 5.84. The van der Waals surface area contributed by atoms with Crippen LogP contribution in [0.1, 0.15) is 40.5 Å². The Morgan fingerprint density at radius 2 is 2.07 bits per heavy atom. The second-order valence-electron chi connectivity index (χ2n) is 8.86. The molecule has 2 fully saturated rings. The molecule has 0 aromatic carbocycles. The fraction of sp³-hybridized carbons (Fsp3) is 0.579. The number of piperazine rings is 1. The monoisotopic (exact) mass is 441 g/mol. The minimum atomic E-state index is -0.726. The number of fused-ring (bicyclic) bond motifs is 3. The van der Waals surface area contributed by atoms with Crippen LogP contribution in [-0.2, 0) is 4.74 Å². The van der Waals surface area contributed by atoms with Crippen molar-refractivity contribution in [2.75, 3.05) is 18.0 Å². The Morgan fingerprint density at radius 3 is 2.72 bits per heavy atom. The van der Waals surface area contributed by atoms with Gasteiger partial charge in [-0.3, -0.25) is 4.90 Å². The van der Waals surface area contributed by atoms with E-state index in [-0.39, 0.29) is 28.1 Å². The second-order valence-corrected chi connectivity index (χ2v) is 9.56. The molecule has 0 N–H and O–H groups in total. The maximum absolute atomic E-state index is 14.5. The second kappa shape index (κ2) is 6.80. The van der Waals surface area contributed by atoms with E-state index in [0.717, 1.165) is 12.8 Å². The number of ether oxygens (including phenoxy) is 1. The van der Waals surface area contributed by atoms with E-state index < -0.39 is 17.0 Å². The van der Waals surface area contributed by atoms with Crippen molar-refractivity contribution in [2.45, 2.75) is 57.7 Å². The molecule has 2 atom stereocenters. The molecule has 2 saturated heterocycles. The highest BCUT2D eigenvalue weighted by Crippen LogP contribution is 2.42. The molecule has 2 aliphatic rings. The van der Waals surface area contributed by atoms with Crippen molar-refractivity contribution < 1.29 is 13.9 Å². The number of hydrogen-bond acceptors (Lipinski definition) is 6. The molecular formula is C19H22Cl2FN5O2. The third-order valence-electron chi connectivity index (χ3n) is 5.41. The van der Waals surface area contributed by atoms with Crippen LogP contribution >= 0.6 is 23.2 Å². The Hall–Kier alpha value is -1.93. The summed E-state index contributed by atoms with van der Waals surface area (Å²) in [7, 11) is 0. The molecule has 10 heteroatoms. The predicted molar refractivity (Wildman–Crippen MR) is 109 cm³/mol. The SMILES string of the molecule is CC(C)(C)OC(=O)N1[C@@H]2CC[C@@]1(C)CN(c1nc(Cl)nc3c(F)c(Cl)ncc13)C2. The van der Waals surface area contributed by atoms with Crippen LogP contribution in [0.4, 0.5) is 15.0 Å². The summed E-state index contributed by atoms with van der Waals surface area (Å²) in [5, 5.41) is 0.103. The summed E-state index contributed by atoms with van der Waals surface area (Å²) in [6, 6.07) is -0.0440. The van der Waals surface area contributed by atoms with Gasteiger partial charge in [0.25, 0.3) is 0 Å². The zero-order valence-corrected chi connectivity index (χ0v) is 18.2. The van der Waals surface area contributed by atoms with Gasteiger partial charge >= 0.3 is 6.09 Å². The van der Waals surface area contributed by atoms with Crippen LogP contribution in [0.25, 0.3) is 10.9 Å². The third kappa shape index (κ3) is 3.57. The molecule has 2 aromatic rings. The fourth-order valence-electron chi connectivity index (χ4n) is 4.30. The number of carbonyl (C=O) groups is 1. The average Bonchev–Trinajstić information content (AvgIpc) is 2.82. The van der Waals surface area contributed by atoms with Crippen LogP contribution in [0.2, 0.25) is 10.4 Å². The van der Waals surface area contributed by atoms with E-state index in [4.69, 9.17) is 27.9 Å². The van der Waals surface area contributed by atoms with Gasteiger partial charge < -0.3 is 9.64 Å². The lowest BCUT2D eigenvalue weighted by molar-refractivity contribution is -0.00278. The van der Waals surface area contributed by atoms with Crippen LogP contribution in [0.15, 0.2) is 6.20 Å². The Kier molecular flexibility index (Phi) is 4.77. The van der Waals surface area contributed by atoms with Crippen molar-refractivity contribution in [3.05, 3.63) is 22.5 Å². The largest absolute Gasteiger partial charge is 0.444 e. The first-order chi connectivity index (χ1) is 13.5. The van der Waals surface area contributed by atoms with Gasteiger partial charge in [0.1, 0.15) is 16.9 Å². The Balaban J connectivity index is 1.70. The Bertz CT molecular complexity index is 999. The number of nitrogens with zero attached hydrogens (tertiary/aromatic N) is 5. The average molecular weight is 442 g/mol. The van der Waals surface area contributed by atoms with Gasteiger partial charge in [-0.05, 0) is 52.1 Å². The van der Waals surface area contributed by atoms with Crippen LogP contribution in [0.5, 0.6) is 0 Å². The molecule has 2 bridgehead atoms. The number of carbonyl (C=O) groups excluding carboxylic acids is 1. The zero-order chi connectivity index (χ0) is 21.1. The smallest absolute Gasteiger partial charge is 0.411 e. The van der Waals surface area contributed by atoms with Crippen molar-refractivity contribution in [1.82, 2.24) is 19.9 Å². The van der Waals surface area contributed by atoms with Crippen LogP contribution in [-0.4, -0.2) is 56.2 Å². The topological polar surface area (TPSA) is 71.5 Å². The van der Waals surface area contributed by atoms with Crippen molar-refractivity contribution >= 4 is 46.0 Å². The first-order valence-corrected chi connectivity index (χ1v) is 10.2. The van der Waals surface area contributed by atoms with Gasteiger partial charge in [0.2, 0.25) is 5.28 Å². The molecule has 7 nitrogen and oxygen atoms in total. The number of anilines is 1. The number of rotatable bonds is 1. The summed E-state index contributed by atoms with van der Waals surface area (Å²) in [6.45, 7) is 8.63. The number of aromatic nitrogens is 3. The highest BCUT2D eigenvalue weighted by atomic mass is 35.5. The van der Waals surface area contributed by atoms with Crippen LogP contribution in [0.3, 0.4) is 0 Å². The molecule has 0 saturated carbocycles. The Morgan fingerprint density at radius 1 is 1.34 bits per heavy atom. The quantitative estimate of drug-likeness (QED) is 0.480. The summed E-state index contributed by atoms with van der Waals surface area (Å²) >= 11 is 11.9. The minimum Gasteiger partial charge on any atom is -0.444 e. The molecule has 0 radical (unpaired) electrons. The summed E-state index contributed by atoms with van der Waals surface area (Å²) < 4.78 is 20.1. The van der Waals surface area contributed by atoms with Crippen molar-refractivity contribution in [2.24, 2.45) is 0 Å². The van der Waals surface area contributed by atoms with Gasteiger partial charge in [0.05, 0.1) is 17.0 Å². The molecule has 2 aliphatic heterocycles. The number of amides is 1. The molecule has 0 unspecified atom stereocenters. The van der Waals surface area contributed by atoms with Gasteiger partial charge in [0, 0.05) is 19.3 Å². The van der Waals surface area contributed by atoms with E-state index in [0.29, 0.717) is 24.3 Å². The highest BCUT2D eigenvalue weighted by molar-refractivity contribution is 6.30. The summed E-state index contributed by atoms with van der Waals surface area (Å²) in [5.41, 5.74) is -0.969. The predicted octanol–water partition coefficient (Wildman–Crippen LogP) is 4.45. The maximum atomic E-state index is 14.5. The number of halogens is 3. The highest BCUT2D eigenvalue weighted by Gasteiger charge is 2.52. The van der Waals surface area contributed by atoms with Crippen LogP contribution < -0.4 is 4.90 Å². The van der Waals surface area contributed by atoms with E-state index in [9.17, 15) is 9.18 Å². The molecule has 4 rings (SSSR count). The van der Waals surface area contributed by atoms with Crippen molar-refractivity contribution in [3.8, 4) is 0 Å². The minimum absolute atomic E-state index is 0.0343. The molecule has 0 aliphatic carbocycles. The molecule has 29 heavy (non-hydrogen) atoms. The van der Waals surface area contributed by atoms with Crippen molar-refractivity contribution in [3.63, 3.8) is 0 Å². The van der Waals surface area contributed by atoms with Gasteiger partial charge in [-0.25, -0.2) is 19.2 Å². The van der Waals surface area contributed by atoms with Crippen LogP contribution in [0, 0.1) is 5.82 Å². The van der Waals surface area contributed by atoms with Gasteiger partial charge in [-0.15, -0.1) is 0 Å². The lowest BCUT2D eigenvalue weighted by Gasteiger charge is -2.47. The summed E-state index contributed by atoms with van der Waals surface area (Å²) in [4.78, 5) is 28.9. The normalized spacial score (nSPS) is 24.3. The van der Waals surface area contributed by atoms with E-state index in [2.05, 4.69) is 15.0 Å². The maximum Gasteiger partial charge on any atom is 0.411 e. The molecule has 0 spiro atoms. The van der Waals surface area contributed by atoms with E-state index in [1.54, 1.807) is 0 Å². The van der Waals surface area contributed by atoms with E-state index in [1.807, 2.05) is 37.5 Å². The first-order valence-electron chi connectivity index (χ1n) is 9.43. The summed E-state index contributed by atoms with van der Waals surface area (Å²) in [6.07, 6.45) is 2.83. The zero-order valence-electron chi connectivity index (χ0n) is 16.7. The Labute approximate surface area is 178 Å². The molecule has 156 valence electrons. The lowest BCUT2D eigenvalue weighted by atomic mass is 9.98. The number of pyridine rings is 1. The number of hydrogen-bond donors (Lipinski definition) is 0. The lowest BCUT2D eigenvalue weighted by Crippen LogP contribution is -2.63. The molecule has 4 heterocycles. The molecule has 2 aromatic heterocycles. The van der Waals surface area contributed by atoms with Crippen molar-refractivity contribution in [1.29, 1.82) is 0 Å². The summed E-state index contributed by atoms with van der Waals surface area (Å²) in [5.74, 6) is -0.235. The fourth-order valence-corrected chi connectivity index (χ4v) is 4.60. The van der Waals surface area contributed by atoms with E-state index >= 15 is 0 Å². The van der Waals surface area contributed by atoms with Gasteiger partial charge in [0.15, 0.2) is 11.0 Å². The molecular weight excluding hydrogens is 420 g/mol. The van der Waals surface area contributed by atoms with Gasteiger partial charge in [-0.1, -0.05) is 11.6 Å². The van der Waals surface area contributed by atoms with E-state index in [1.165, 1.54) is 6.20 Å². The molecule has 1 amide bonds. The standard InChI is InChI=1S/C19H22Cl2FN5O2/c1-18(2,3)29-17(28)27-10-5-6-19(27,4)9-26(8-10)15-11-7-23-14(20)12(22)13(11)24-16(21)25-15/h7,10H,5-6,8-9H2,1-4H3/t10-,19+/m1/s1. The van der Waals surface area contributed by atoms with Gasteiger partial charge in [-0.2, -0.15) is 4.98 Å².